The fourth-order valence-electron chi connectivity index (χ4n) is 6.84. The van der Waals surface area contributed by atoms with Crippen LogP contribution in [0.4, 0.5) is 13.2 Å². The van der Waals surface area contributed by atoms with E-state index in [1.807, 2.05) is 84.9 Å². The van der Waals surface area contributed by atoms with Crippen LogP contribution in [0.5, 0.6) is 5.75 Å². The van der Waals surface area contributed by atoms with Crippen molar-refractivity contribution in [1.82, 2.24) is 9.29 Å². The summed E-state index contributed by atoms with van der Waals surface area (Å²) in [6.07, 6.45) is -3.15. The van der Waals surface area contributed by atoms with Gasteiger partial charge in [0, 0.05) is 40.1 Å². The number of nitrogens with one attached hydrogen (secondary N) is 1. The maximum atomic E-state index is 13.4. The van der Waals surface area contributed by atoms with E-state index >= 15 is 0 Å². The second kappa shape index (κ2) is 16.3. The van der Waals surface area contributed by atoms with E-state index in [1.54, 1.807) is 18.2 Å². The van der Waals surface area contributed by atoms with Gasteiger partial charge in [0.05, 0.1) is 17.4 Å². The number of aryl methyl sites for hydroxylation is 2. The lowest BCUT2D eigenvalue weighted by atomic mass is 9.96. The number of para-hydroxylation sites is 1. The van der Waals surface area contributed by atoms with Gasteiger partial charge in [-0.3, -0.25) is 0 Å². The van der Waals surface area contributed by atoms with Crippen molar-refractivity contribution in [2.24, 2.45) is 0 Å². The second-order valence-electron chi connectivity index (χ2n) is 12.6. The predicted octanol–water partition coefficient (Wildman–Crippen LogP) is 9.37. The monoisotopic (exact) mass is 760 g/mol. The van der Waals surface area contributed by atoms with Crippen LogP contribution in [0.15, 0.2) is 127 Å². The number of hydrogen-bond donors (Lipinski definition) is 2. The van der Waals surface area contributed by atoms with E-state index in [0.29, 0.717) is 29.8 Å². The standard InChI is InChI=1S/C41H36ClF3N2O5S/c42-32-22-23-36-35(26-32)34(20-11-18-28-12-7-9-19-33(28)40(48)49)37(47(36)39(29-13-3-1-4-14-29)30-15-5-2-6-16-30)24-25-46-53(50,51)27-31-17-8-10-21-38(31)52-41(43,44)45/h1-10,12-17,19,21-23,26,39,46H,11,18,20,24-25,27H2,(H,48,49). The Morgan fingerprint density at radius 1 is 0.792 bits per heavy atom. The van der Waals surface area contributed by atoms with Crippen molar-refractivity contribution in [1.29, 1.82) is 0 Å². The molecule has 0 unspecified atom stereocenters. The number of ether oxygens (including phenoxy) is 1. The van der Waals surface area contributed by atoms with Gasteiger partial charge in [-0.05, 0) is 71.8 Å². The number of benzene rings is 5. The minimum absolute atomic E-state index is 0.0557. The Hall–Kier alpha value is -5.10. The summed E-state index contributed by atoms with van der Waals surface area (Å²) < 4.78 is 74.8. The van der Waals surface area contributed by atoms with E-state index in [2.05, 4.69) is 14.0 Å². The lowest BCUT2D eigenvalue weighted by Gasteiger charge is -2.25. The number of carboxylic acids is 1. The first kappa shape index (κ1) is 37.7. The molecule has 53 heavy (non-hydrogen) atoms. The number of nitrogens with zero attached hydrogens (tertiary/aromatic N) is 1. The summed E-state index contributed by atoms with van der Waals surface area (Å²) in [6, 6.07) is 37.2. The Labute approximate surface area is 310 Å². The molecule has 0 aliphatic carbocycles. The van der Waals surface area contributed by atoms with E-state index in [-0.39, 0.29) is 30.1 Å². The minimum atomic E-state index is -4.98. The summed E-state index contributed by atoms with van der Waals surface area (Å²) in [5.41, 5.74) is 5.47. The van der Waals surface area contributed by atoms with Crippen molar-refractivity contribution in [3.05, 3.63) is 171 Å². The van der Waals surface area contributed by atoms with Gasteiger partial charge in [0.2, 0.25) is 10.0 Å². The van der Waals surface area contributed by atoms with Gasteiger partial charge >= 0.3 is 12.3 Å². The number of aromatic carboxylic acids is 1. The molecule has 0 fully saturated rings. The normalized spacial score (nSPS) is 12.0. The number of aromatic nitrogens is 1. The summed E-state index contributed by atoms with van der Waals surface area (Å²) in [5, 5.41) is 11.2. The molecule has 6 rings (SSSR count). The van der Waals surface area contributed by atoms with Crippen LogP contribution in [0.2, 0.25) is 5.02 Å². The van der Waals surface area contributed by atoms with Gasteiger partial charge in [-0.25, -0.2) is 17.9 Å². The average molecular weight is 761 g/mol. The summed E-state index contributed by atoms with van der Waals surface area (Å²) >= 11 is 6.60. The third kappa shape index (κ3) is 9.29. The fraction of sp³-hybridized carbons (Fsp3) is 0.195. The quantitative estimate of drug-likeness (QED) is 0.109. The van der Waals surface area contributed by atoms with Crippen LogP contribution in [-0.4, -0.2) is 37.0 Å². The van der Waals surface area contributed by atoms with Crippen LogP contribution < -0.4 is 9.46 Å². The molecular weight excluding hydrogens is 725 g/mol. The highest BCUT2D eigenvalue weighted by Crippen LogP contribution is 2.38. The highest BCUT2D eigenvalue weighted by Gasteiger charge is 2.33. The van der Waals surface area contributed by atoms with Crippen LogP contribution in [0, 0.1) is 0 Å². The third-order valence-corrected chi connectivity index (χ3v) is 10.6. The highest BCUT2D eigenvalue weighted by molar-refractivity contribution is 7.88. The van der Waals surface area contributed by atoms with Crippen LogP contribution in [-0.2, 0) is 35.0 Å². The zero-order valence-corrected chi connectivity index (χ0v) is 30.0. The molecule has 0 saturated heterocycles. The maximum Gasteiger partial charge on any atom is 0.573 e. The number of sulfonamides is 1. The molecule has 2 N–H and O–H groups in total. The lowest BCUT2D eigenvalue weighted by Crippen LogP contribution is -2.29. The molecule has 274 valence electrons. The van der Waals surface area contributed by atoms with Crippen molar-refractivity contribution in [2.45, 2.75) is 43.8 Å². The molecule has 1 heterocycles. The van der Waals surface area contributed by atoms with Crippen LogP contribution >= 0.6 is 11.6 Å². The second-order valence-corrected chi connectivity index (χ2v) is 14.8. The number of fused-ring (bicyclic) bond motifs is 1. The first-order valence-electron chi connectivity index (χ1n) is 16.9. The number of rotatable bonds is 15. The number of alkyl halides is 3. The van der Waals surface area contributed by atoms with Gasteiger partial charge in [-0.15, -0.1) is 13.2 Å². The molecule has 0 spiro atoms. The summed E-state index contributed by atoms with van der Waals surface area (Å²) in [6.45, 7) is -0.0557. The summed E-state index contributed by atoms with van der Waals surface area (Å²) in [7, 11) is -4.12. The number of carbonyl (C=O) groups is 1. The molecule has 5 aromatic carbocycles. The summed E-state index contributed by atoms with van der Waals surface area (Å²) in [4.78, 5) is 11.9. The molecule has 0 atom stereocenters. The molecule has 0 radical (unpaired) electrons. The number of hydrogen-bond acceptors (Lipinski definition) is 4. The molecule has 7 nitrogen and oxygen atoms in total. The molecule has 1 aromatic heterocycles. The average Bonchev–Trinajstić information content (AvgIpc) is 3.41. The van der Waals surface area contributed by atoms with E-state index in [1.165, 1.54) is 18.2 Å². The Kier molecular flexibility index (Phi) is 11.6. The SMILES string of the molecule is O=C(O)c1ccccc1CCCc1c(CCNS(=O)(=O)Cc2ccccc2OC(F)(F)F)n(C(c2ccccc2)c2ccccc2)c2ccc(Cl)cc12. The Bertz CT molecular complexity index is 2270. The van der Waals surface area contributed by atoms with E-state index < -0.39 is 33.9 Å². The van der Waals surface area contributed by atoms with Crippen LogP contribution in [0.1, 0.15) is 56.3 Å². The predicted molar refractivity (Wildman–Crippen MR) is 200 cm³/mol. The van der Waals surface area contributed by atoms with Crippen LogP contribution in [0.25, 0.3) is 10.9 Å². The van der Waals surface area contributed by atoms with Gasteiger partial charge < -0.3 is 14.4 Å². The fourth-order valence-corrected chi connectivity index (χ4v) is 8.18. The zero-order valence-electron chi connectivity index (χ0n) is 28.4. The van der Waals surface area contributed by atoms with E-state index in [0.717, 1.165) is 39.4 Å². The summed E-state index contributed by atoms with van der Waals surface area (Å²) in [5.74, 6) is -2.30. The van der Waals surface area contributed by atoms with Gasteiger partial charge in [-0.2, -0.15) is 0 Å². The number of halogens is 4. The van der Waals surface area contributed by atoms with Crippen molar-refractivity contribution < 1.29 is 36.2 Å². The molecule has 0 bridgehead atoms. The Morgan fingerprint density at radius 2 is 1.40 bits per heavy atom. The largest absolute Gasteiger partial charge is 0.573 e. The van der Waals surface area contributed by atoms with E-state index in [9.17, 15) is 31.5 Å². The van der Waals surface area contributed by atoms with E-state index in [4.69, 9.17) is 11.6 Å². The first-order chi connectivity index (χ1) is 25.4. The zero-order chi connectivity index (χ0) is 37.6. The van der Waals surface area contributed by atoms with Gasteiger partial charge in [0.1, 0.15) is 5.75 Å². The highest BCUT2D eigenvalue weighted by atomic mass is 35.5. The van der Waals surface area contributed by atoms with Gasteiger partial charge in [0.25, 0.3) is 0 Å². The Balaban J connectivity index is 1.40. The molecule has 0 amide bonds. The van der Waals surface area contributed by atoms with Crippen LogP contribution in [0.3, 0.4) is 0 Å². The van der Waals surface area contributed by atoms with Crippen molar-refractivity contribution in [2.75, 3.05) is 6.54 Å². The molecule has 6 aromatic rings. The third-order valence-electron chi connectivity index (χ3n) is 9.02. The van der Waals surface area contributed by atoms with Gasteiger partial charge in [-0.1, -0.05) is 109 Å². The molecule has 0 saturated carbocycles. The molecule has 0 aliphatic rings. The first-order valence-corrected chi connectivity index (χ1v) is 19.0. The van der Waals surface area contributed by atoms with Crippen molar-refractivity contribution in [3.63, 3.8) is 0 Å². The van der Waals surface area contributed by atoms with Crippen molar-refractivity contribution in [3.8, 4) is 5.75 Å². The molecular formula is C41H36ClF3N2O5S. The molecule has 12 heteroatoms. The minimum Gasteiger partial charge on any atom is -0.478 e. The molecule has 0 aliphatic heterocycles. The Morgan fingerprint density at radius 3 is 2.04 bits per heavy atom. The maximum absolute atomic E-state index is 13.4. The lowest BCUT2D eigenvalue weighted by molar-refractivity contribution is -0.274. The number of carboxylic acid groups (broad SMARTS) is 1. The van der Waals surface area contributed by atoms with Crippen molar-refractivity contribution >= 4 is 38.5 Å². The topological polar surface area (TPSA) is 97.6 Å². The smallest absolute Gasteiger partial charge is 0.478 e. The van der Waals surface area contributed by atoms with Gasteiger partial charge in [0.15, 0.2) is 0 Å².